The SMILES string of the molecule is COc1cc(OC)cc(C(=O)NCC[C@H](NC(C)=O)C(=O)NC2CCN(c3nc(N4CCC(NC(=O)[C@H](CCNC(=O)c5cc(OC)cc(OC)c5)NC(C)=O)CC4)nc(N4CCC(NC(=O)[C@H](CCNC(=O)c5cc(OC)cc(OC)c5)NC(C)=O)CC4)n3)CC2)c1. The van der Waals surface area contributed by atoms with E-state index in [1.807, 2.05) is 14.7 Å². The Morgan fingerprint density at radius 3 is 0.785 bits per heavy atom. The normalized spacial score (nSPS) is 15.4. The van der Waals surface area contributed by atoms with Gasteiger partial charge < -0.3 is 91.0 Å². The number of nitrogens with zero attached hydrogens (tertiary/aromatic N) is 6. The predicted octanol–water partition coefficient (Wildman–Crippen LogP) is 1.15. The van der Waals surface area contributed by atoms with Gasteiger partial charge in [0.1, 0.15) is 52.6 Å². The van der Waals surface area contributed by atoms with E-state index in [1.165, 1.54) is 63.4 Å². The minimum absolute atomic E-state index is 0.0775. The van der Waals surface area contributed by atoms with Crippen LogP contribution in [0.5, 0.6) is 34.5 Å². The summed E-state index contributed by atoms with van der Waals surface area (Å²) in [7, 11) is 8.88. The van der Waals surface area contributed by atoms with E-state index in [9.17, 15) is 43.2 Å². The van der Waals surface area contributed by atoms with E-state index in [0.717, 1.165) is 0 Å². The second-order valence-corrected chi connectivity index (χ2v) is 22.7. The van der Waals surface area contributed by atoms with Gasteiger partial charge in [-0.05, 0) is 94.2 Å². The Kier molecular flexibility index (Phi) is 26.2. The van der Waals surface area contributed by atoms with Gasteiger partial charge in [0.25, 0.3) is 17.7 Å². The van der Waals surface area contributed by atoms with Crippen LogP contribution >= 0.6 is 0 Å². The minimum atomic E-state index is -0.936. The molecule has 3 atom stereocenters. The van der Waals surface area contributed by atoms with Gasteiger partial charge in [0.05, 0.1) is 42.7 Å². The number of piperidine rings is 3. The molecule has 0 radical (unpaired) electrons. The first-order valence-electron chi connectivity index (χ1n) is 31.0. The highest BCUT2D eigenvalue weighted by atomic mass is 16.5. The van der Waals surface area contributed by atoms with Crippen LogP contribution in [0.15, 0.2) is 54.6 Å². The van der Waals surface area contributed by atoms with E-state index in [2.05, 4.69) is 47.9 Å². The third-order valence-electron chi connectivity index (χ3n) is 16.1. The van der Waals surface area contributed by atoms with Crippen LogP contribution in [0, 0.1) is 0 Å². The number of methoxy groups -OCH3 is 6. The second kappa shape index (κ2) is 34.5. The number of hydrogen-bond donors (Lipinski definition) is 9. The number of aromatic nitrogens is 3. The number of rotatable bonds is 30. The van der Waals surface area contributed by atoms with Gasteiger partial charge in [-0.25, -0.2) is 0 Å². The lowest BCUT2D eigenvalue weighted by atomic mass is 10.0. The summed E-state index contributed by atoms with van der Waals surface area (Å²) in [6, 6.07) is 10.7. The van der Waals surface area contributed by atoms with E-state index < -0.39 is 71.3 Å². The van der Waals surface area contributed by atoms with Crippen LogP contribution in [0.1, 0.15) is 110 Å². The summed E-state index contributed by atoms with van der Waals surface area (Å²) in [4.78, 5) is 139. The summed E-state index contributed by atoms with van der Waals surface area (Å²) in [5.41, 5.74) is 0.899. The van der Waals surface area contributed by atoms with Crippen LogP contribution in [0.25, 0.3) is 0 Å². The van der Waals surface area contributed by atoms with E-state index in [4.69, 9.17) is 43.4 Å². The Balaban J connectivity index is 0.993. The van der Waals surface area contributed by atoms with Gasteiger partial charge >= 0.3 is 0 Å². The monoisotopic (exact) mass is 1290 g/mol. The van der Waals surface area contributed by atoms with Crippen LogP contribution in [-0.2, 0) is 28.8 Å². The van der Waals surface area contributed by atoms with E-state index in [1.54, 1.807) is 54.6 Å². The van der Waals surface area contributed by atoms with Crippen molar-refractivity contribution in [3.63, 3.8) is 0 Å². The number of hydrogen-bond acceptors (Lipinski definition) is 21. The Labute approximate surface area is 540 Å². The Bertz CT molecular complexity index is 2860. The first-order valence-corrected chi connectivity index (χ1v) is 31.0. The van der Waals surface area contributed by atoms with Crippen LogP contribution in [0.2, 0.25) is 0 Å². The number of anilines is 3. The molecule has 9 N–H and O–H groups in total. The van der Waals surface area contributed by atoms with Gasteiger partial charge in [-0.15, -0.1) is 0 Å². The van der Waals surface area contributed by atoms with Crippen molar-refractivity contribution in [3.05, 3.63) is 71.3 Å². The Morgan fingerprint density at radius 1 is 0.376 bits per heavy atom. The van der Waals surface area contributed by atoms with Crippen molar-refractivity contribution in [2.45, 2.75) is 115 Å². The molecular weight excluding hydrogens is 1210 g/mol. The van der Waals surface area contributed by atoms with Crippen molar-refractivity contribution in [2.24, 2.45) is 0 Å². The Morgan fingerprint density at radius 2 is 0.591 bits per heavy atom. The first-order chi connectivity index (χ1) is 44.7. The molecule has 3 aliphatic rings. The zero-order chi connectivity index (χ0) is 67.1. The molecule has 30 nitrogen and oxygen atoms in total. The fourth-order valence-corrected chi connectivity index (χ4v) is 11.0. The largest absolute Gasteiger partial charge is 0.497 e. The summed E-state index contributed by atoms with van der Waals surface area (Å²) in [5, 5.41) is 25.9. The number of nitrogens with one attached hydrogen (secondary N) is 9. The molecule has 0 saturated carbocycles. The molecule has 3 saturated heterocycles. The molecule has 7 rings (SSSR count). The molecule has 0 unspecified atom stereocenters. The lowest BCUT2D eigenvalue weighted by Gasteiger charge is -2.37. The number of amides is 9. The molecule has 9 amide bonds. The van der Waals surface area contributed by atoms with Crippen molar-refractivity contribution in [1.29, 1.82) is 0 Å². The van der Waals surface area contributed by atoms with Crippen molar-refractivity contribution in [3.8, 4) is 34.5 Å². The smallest absolute Gasteiger partial charge is 0.251 e. The second-order valence-electron chi connectivity index (χ2n) is 22.7. The van der Waals surface area contributed by atoms with E-state index in [-0.39, 0.29) is 57.0 Å². The average Bonchev–Trinajstić information content (AvgIpc) is 0.830. The first kappa shape index (κ1) is 70.6. The molecule has 93 heavy (non-hydrogen) atoms. The van der Waals surface area contributed by atoms with Gasteiger partial charge in [0.15, 0.2) is 0 Å². The van der Waals surface area contributed by atoms with Crippen molar-refractivity contribution < 1.29 is 71.6 Å². The van der Waals surface area contributed by atoms with Gasteiger partial charge in [0, 0.05) is 133 Å². The van der Waals surface area contributed by atoms with Crippen molar-refractivity contribution in [2.75, 3.05) is 116 Å². The molecule has 0 spiro atoms. The fraction of sp³-hybridized carbons (Fsp3) is 0.524. The topological polar surface area (TPSA) is 366 Å². The molecule has 30 heteroatoms. The highest BCUT2D eigenvalue weighted by Gasteiger charge is 2.33. The number of ether oxygens (including phenoxy) is 6. The third-order valence-corrected chi connectivity index (χ3v) is 16.1. The van der Waals surface area contributed by atoms with Crippen LogP contribution in [0.3, 0.4) is 0 Å². The lowest BCUT2D eigenvalue weighted by molar-refractivity contribution is -0.128. The molecule has 0 aliphatic carbocycles. The lowest BCUT2D eigenvalue weighted by Crippen LogP contribution is -2.53. The van der Waals surface area contributed by atoms with Crippen molar-refractivity contribution >= 4 is 71.0 Å². The third kappa shape index (κ3) is 21.1. The summed E-state index contributed by atoms with van der Waals surface area (Å²) in [6.45, 7) is 6.89. The molecule has 3 aliphatic heterocycles. The number of carbonyl (C=O) groups is 9. The molecule has 4 heterocycles. The van der Waals surface area contributed by atoms with Crippen LogP contribution < -0.4 is 91.0 Å². The van der Waals surface area contributed by atoms with Gasteiger partial charge in [-0.2, -0.15) is 15.0 Å². The molecule has 4 aromatic rings. The van der Waals surface area contributed by atoms with Crippen molar-refractivity contribution in [1.82, 2.24) is 62.8 Å². The van der Waals surface area contributed by atoms with Gasteiger partial charge in [-0.1, -0.05) is 0 Å². The van der Waals surface area contributed by atoms with E-state index >= 15 is 0 Å². The van der Waals surface area contributed by atoms with Crippen LogP contribution in [-0.4, -0.2) is 206 Å². The predicted molar refractivity (Wildman–Crippen MR) is 342 cm³/mol. The molecule has 1 aromatic heterocycles. The molecule has 504 valence electrons. The Hall–Kier alpha value is -9.90. The summed E-state index contributed by atoms with van der Waals surface area (Å²) in [5.74, 6) is 0.204. The van der Waals surface area contributed by atoms with Gasteiger partial charge in [-0.3, -0.25) is 43.2 Å². The highest BCUT2D eigenvalue weighted by molar-refractivity contribution is 5.97. The average molecular weight is 1290 g/mol. The maximum atomic E-state index is 13.8. The summed E-state index contributed by atoms with van der Waals surface area (Å²) >= 11 is 0. The summed E-state index contributed by atoms with van der Waals surface area (Å²) in [6.07, 6.45) is 3.38. The minimum Gasteiger partial charge on any atom is -0.497 e. The fourth-order valence-electron chi connectivity index (χ4n) is 11.0. The van der Waals surface area contributed by atoms with Crippen LogP contribution in [0.4, 0.5) is 17.8 Å². The molecule has 3 fully saturated rings. The maximum Gasteiger partial charge on any atom is 0.251 e. The molecule has 0 bridgehead atoms. The van der Waals surface area contributed by atoms with Gasteiger partial charge in [0.2, 0.25) is 53.3 Å². The highest BCUT2D eigenvalue weighted by Crippen LogP contribution is 2.28. The maximum absolute atomic E-state index is 13.8. The zero-order valence-corrected chi connectivity index (χ0v) is 54.2. The number of carbonyl (C=O) groups excluding carboxylic acids is 9. The zero-order valence-electron chi connectivity index (χ0n) is 54.2. The standard InChI is InChI=1S/C63H87N15O15/c1-37(79)67-52(10-19-64-55(82)40-28-46(88-4)34-47(29-40)89-5)58(85)70-43-13-22-76(23-14-43)61-73-62(77-24-15-44(16-25-77)71-59(86)53(68-38(2)80)11-20-65-56(83)41-30-48(90-6)35-49(31-41)91-7)75-63(74-61)78-26-17-45(18-27-78)72-60(87)54(69-39(3)81)12-21-66-57(84)42-32-50(92-8)36-51(33-42)93-9/h28-36,43-45,52-54H,10-27H2,1-9H3,(H,64,82)(H,65,83)(H,66,84)(H,67,79)(H,68,80)(H,69,81)(H,70,85)(H,71,86)(H,72,87)/t52-,53-,54-/m0/s1. The molecule has 3 aromatic carbocycles. The molecular formula is C63H87N15O15. The quantitative estimate of drug-likeness (QED) is 0.0354. The summed E-state index contributed by atoms with van der Waals surface area (Å²) < 4.78 is 31.8. The van der Waals surface area contributed by atoms with E-state index in [0.29, 0.717) is 147 Å². The number of benzene rings is 3.